The summed E-state index contributed by atoms with van der Waals surface area (Å²) in [7, 11) is 0. The first-order valence-electron chi connectivity index (χ1n) is 9.78. The molecule has 2 N–H and O–H groups in total. The van der Waals surface area contributed by atoms with Crippen molar-refractivity contribution in [2.75, 3.05) is 0 Å². The van der Waals surface area contributed by atoms with Crippen LogP contribution in [0.5, 0.6) is 0 Å². The van der Waals surface area contributed by atoms with E-state index in [-0.39, 0.29) is 11.9 Å². The van der Waals surface area contributed by atoms with Crippen LogP contribution in [0, 0.1) is 0 Å². The molecule has 0 aliphatic heterocycles. The van der Waals surface area contributed by atoms with E-state index in [1.807, 2.05) is 72.8 Å². The average molecular weight is 381 g/mol. The van der Waals surface area contributed by atoms with Crippen molar-refractivity contribution in [3.63, 3.8) is 0 Å². The molecule has 0 saturated heterocycles. The van der Waals surface area contributed by atoms with Gasteiger partial charge in [-0.15, -0.1) is 0 Å². The van der Waals surface area contributed by atoms with Gasteiger partial charge in [0.15, 0.2) is 0 Å². The van der Waals surface area contributed by atoms with Crippen LogP contribution >= 0.6 is 0 Å². The van der Waals surface area contributed by atoms with E-state index in [4.69, 9.17) is 0 Å². The van der Waals surface area contributed by atoms with Gasteiger partial charge in [-0.3, -0.25) is 9.78 Å². The second-order valence-electron chi connectivity index (χ2n) is 6.93. The van der Waals surface area contributed by atoms with Gasteiger partial charge >= 0.3 is 0 Å². The molecule has 2 aromatic heterocycles. The van der Waals surface area contributed by atoms with Gasteiger partial charge in [-0.05, 0) is 41.8 Å². The first kappa shape index (κ1) is 18.7. The predicted molar refractivity (Wildman–Crippen MR) is 115 cm³/mol. The zero-order chi connectivity index (χ0) is 19.9. The third-order valence-electron chi connectivity index (χ3n) is 4.87. The van der Waals surface area contributed by atoms with E-state index in [0.29, 0.717) is 12.8 Å². The van der Waals surface area contributed by atoms with Crippen LogP contribution in [-0.2, 0) is 11.2 Å². The van der Waals surface area contributed by atoms with Crippen molar-refractivity contribution in [3.8, 4) is 11.3 Å². The lowest BCUT2D eigenvalue weighted by molar-refractivity contribution is -0.121. The molecule has 29 heavy (non-hydrogen) atoms. The number of aromatic amines is 1. The molecule has 4 heteroatoms. The predicted octanol–water partition coefficient (Wildman–Crippen LogP) is 4.92. The Hall–Kier alpha value is -3.66. The molecule has 0 bridgehead atoms. The second kappa shape index (κ2) is 9.02. The maximum absolute atomic E-state index is 12.7. The van der Waals surface area contributed by atoms with Gasteiger partial charge in [0.1, 0.15) is 0 Å². The van der Waals surface area contributed by atoms with Gasteiger partial charge in [0.25, 0.3) is 0 Å². The minimum Gasteiger partial charge on any atom is -0.358 e. The highest BCUT2D eigenvalue weighted by molar-refractivity contribution is 5.77. The number of pyridine rings is 1. The van der Waals surface area contributed by atoms with Crippen LogP contribution in [-0.4, -0.2) is 15.9 Å². The molecule has 0 saturated carbocycles. The monoisotopic (exact) mass is 381 g/mol. The van der Waals surface area contributed by atoms with Gasteiger partial charge in [0.2, 0.25) is 5.91 Å². The lowest BCUT2D eigenvalue weighted by Crippen LogP contribution is -2.30. The zero-order valence-electron chi connectivity index (χ0n) is 16.1. The largest absolute Gasteiger partial charge is 0.358 e. The molecule has 0 aliphatic rings. The van der Waals surface area contributed by atoms with Crippen molar-refractivity contribution >= 4 is 5.91 Å². The Kier molecular flexibility index (Phi) is 5.81. The molecule has 144 valence electrons. The lowest BCUT2D eigenvalue weighted by atomic mass is 10.0. The summed E-state index contributed by atoms with van der Waals surface area (Å²) in [4.78, 5) is 20.5. The van der Waals surface area contributed by atoms with Crippen molar-refractivity contribution in [1.29, 1.82) is 0 Å². The smallest absolute Gasteiger partial charge is 0.221 e. The van der Waals surface area contributed by atoms with E-state index in [1.165, 1.54) is 0 Å². The minimum atomic E-state index is -0.256. The maximum Gasteiger partial charge on any atom is 0.221 e. The molecule has 2 aromatic carbocycles. The van der Waals surface area contributed by atoms with Crippen LogP contribution in [0.15, 0.2) is 97.2 Å². The Labute approximate surface area is 170 Å². The fourth-order valence-electron chi connectivity index (χ4n) is 3.37. The number of hydrogen-bond acceptors (Lipinski definition) is 2. The Balaban J connectivity index is 1.42. The number of aromatic nitrogens is 2. The van der Waals surface area contributed by atoms with Gasteiger partial charge in [-0.1, -0.05) is 66.7 Å². The van der Waals surface area contributed by atoms with Crippen LogP contribution < -0.4 is 5.32 Å². The van der Waals surface area contributed by atoms with Crippen LogP contribution in [0.2, 0.25) is 0 Å². The Morgan fingerprint density at radius 1 is 0.862 bits per heavy atom. The summed E-state index contributed by atoms with van der Waals surface area (Å²) >= 11 is 0. The number of hydrogen-bond donors (Lipinski definition) is 2. The van der Waals surface area contributed by atoms with E-state index >= 15 is 0 Å². The molecule has 0 spiro atoms. The number of carbonyl (C=O) groups excluding carboxylic acids is 1. The molecule has 1 atom stereocenters. The number of nitrogens with zero attached hydrogens (tertiary/aromatic N) is 1. The first-order chi connectivity index (χ1) is 14.3. The summed E-state index contributed by atoms with van der Waals surface area (Å²) in [5, 5.41) is 3.14. The Bertz CT molecular complexity index is 1000. The topological polar surface area (TPSA) is 57.8 Å². The number of amides is 1. The third kappa shape index (κ3) is 4.79. The van der Waals surface area contributed by atoms with Crippen molar-refractivity contribution in [2.45, 2.75) is 18.9 Å². The number of aryl methyl sites for hydroxylation is 1. The summed E-state index contributed by atoms with van der Waals surface area (Å²) in [5.74, 6) is 0.000340. The minimum absolute atomic E-state index is 0.000340. The highest BCUT2D eigenvalue weighted by atomic mass is 16.1. The maximum atomic E-state index is 12.7. The number of carbonyl (C=O) groups is 1. The van der Waals surface area contributed by atoms with Crippen LogP contribution in [0.3, 0.4) is 0 Å². The van der Waals surface area contributed by atoms with E-state index in [2.05, 4.69) is 33.5 Å². The first-order valence-corrected chi connectivity index (χ1v) is 9.78. The highest BCUT2D eigenvalue weighted by Gasteiger charge is 2.17. The SMILES string of the molecule is O=C(CCc1ccc(-c2ccccc2)[nH]1)N[C@@H](c1ccccc1)c1ccccn1. The fourth-order valence-corrected chi connectivity index (χ4v) is 3.37. The van der Waals surface area contributed by atoms with Crippen molar-refractivity contribution < 1.29 is 4.79 Å². The number of rotatable bonds is 7. The second-order valence-corrected chi connectivity index (χ2v) is 6.93. The average Bonchev–Trinajstić information content (AvgIpc) is 3.27. The van der Waals surface area contributed by atoms with E-state index < -0.39 is 0 Å². The van der Waals surface area contributed by atoms with Gasteiger partial charge in [0, 0.05) is 24.0 Å². The van der Waals surface area contributed by atoms with Crippen molar-refractivity contribution in [1.82, 2.24) is 15.3 Å². The Morgan fingerprint density at radius 2 is 1.59 bits per heavy atom. The zero-order valence-corrected chi connectivity index (χ0v) is 16.1. The van der Waals surface area contributed by atoms with E-state index in [0.717, 1.165) is 28.2 Å². The van der Waals surface area contributed by atoms with Crippen molar-refractivity contribution in [2.24, 2.45) is 0 Å². The molecular weight excluding hydrogens is 358 g/mol. The fraction of sp³-hybridized carbons (Fsp3) is 0.120. The number of benzene rings is 2. The number of nitrogens with one attached hydrogen (secondary N) is 2. The standard InChI is InChI=1S/C25H23N3O/c29-24(17-15-21-14-16-22(27-21)19-9-3-1-4-10-19)28-25(20-11-5-2-6-12-20)23-13-7-8-18-26-23/h1-14,16,18,25,27H,15,17H2,(H,28,29)/t25-/m0/s1. The third-order valence-corrected chi connectivity index (χ3v) is 4.87. The molecule has 1 amide bonds. The molecule has 0 radical (unpaired) electrons. The van der Waals surface area contributed by atoms with E-state index in [9.17, 15) is 4.79 Å². The quantitative estimate of drug-likeness (QED) is 0.478. The number of H-pyrrole nitrogens is 1. The van der Waals surface area contributed by atoms with Crippen molar-refractivity contribution in [3.05, 3.63) is 114 Å². The van der Waals surface area contributed by atoms with E-state index in [1.54, 1.807) is 6.20 Å². The van der Waals surface area contributed by atoms with Gasteiger partial charge in [-0.2, -0.15) is 0 Å². The molecule has 0 fully saturated rings. The summed E-state index contributed by atoms with van der Waals surface area (Å²) in [5.41, 5.74) is 5.11. The summed E-state index contributed by atoms with van der Waals surface area (Å²) in [6, 6.07) is 29.7. The van der Waals surface area contributed by atoms with Gasteiger partial charge < -0.3 is 10.3 Å². The summed E-state index contributed by atoms with van der Waals surface area (Å²) in [6.07, 6.45) is 2.81. The Morgan fingerprint density at radius 3 is 2.31 bits per heavy atom. The normalized spacial score (nSPS) is 11.7. The summed E-state index contributed by atoms with van der Waals surface area (Å²) < 4.78 is 0. The highest BCUT2D eigenvalue weighted by Crippen LogP contribution is 2.21. The molecule has 4 nitrogen and oxygen atoms in total. The van der Waals surface area contributed by atoms with Crippen LogP contribution in [0.4, 0.5) is 0 Å². The molecule has 4 aromatic rings. The molecule has 4 rings (SSSR count). The van der Waals surface area contributed by atoms with Crippen LogP contribution in [0.1, 0.15) is 29.4 Å². The molecule has 2 heterocycles. The summed E-state index contributed by atoms with van der Waals surface area (Å²) in [6.45, 7) is 0. The molecular formula is C25H23N3O. The van der Waals surface area contributed by atoms with Gasteiger partial charge in [0.05, 0.1) is 11.7 Å². The van der Waals surface area contributed by atoms with Gasteiger partial charge in [-0.25, -0.2) is 0 Å². The van der Waals surface area contributed by atoms with Crippen LogP contribution in [0.25, 0.3) is 11.3 Å². The molecule has 0 unspecified atom stereocenters. The molecule has 0 aliphatic carbocycles. The lowest BCUT2D eigenvalue weighted by Gasteiger charge is -2.19.